The maximum Gasteiger partial charge on any atom is 0.330 e. The number of esters is 1. The molecule has 2 saturated carbocycles. The summed E-state index contributed by atoms with van der Waals surface area (Å²) in [7, 11) is 0. The zero-order valence-corrected chi connectivity index (χ0v) is 8.79. The summed E-state index contributed by atoms with van der Waals surface area (Å²) in [6.07, 6.45) is 8.13. The highest BCUT2D eigenvalue weighted by Crippen LogP contribution is 2.46. The minimum absolute atomic E-state index is 0.150. The van der Waals surface area contributed by atoms with Crippen LogP contribution < -0.4 is 0 Å². The van der Waals surface area contributed by atoms with E-state index in [0.29, 0.717) is 6.61 Å². The number of hydrogen-bond donors (Lipinski definition) is 0. The Morgan fingerprint density at radius 2 is 2.07 bits per heavy atom. The normalized spacial score (nSPS) is 30.2. The minimum atomic E-state index is -0.150. The van der Waals surface area contributed by atoms with E-state index in [-0.39, 0.29) is 5.97 Å². The Morgan fingerprint density at radius 1 is 1.43 bits per heavy atom. The van der Waals surface area contributed by atoms with Crippen molar-refractivity contribution in [1.29, 1.82) is 0 Å². The van der Waals surface area contributed by atoms with E-state index in [0.717, 1.165) is 24.7 Å². The quantitative estimate of drug-likeness (QED) is 0.499. The Hall–Kier alpha value is -0.790. The van der Waals surface area contributed by atoms with Gasteiger partial charge in [-0.25, -0.2) is 4.79 Å². The third-order valence-corrected chi connectivity index (χ3v) is 3.47. The fourth-order valence-corrected chi connectivity index (χ4v) is 2.88. The van der Waals surface area contributed by atoms with Gasteiger partial charge in [-0.3, -0.25) is 0 Å². The molecule has 2 rings (SSSR count). The molecule has 2 atom stereocenters. The van der Waals surface area contributed by atoms with Gasteiger partial charge in [-0.1, -0.05) is 12.0 Å². The van der Waals surface area contributed by atoms with E-state index in [1.807, 2.05) is 6.92 Å². The summed E-state index contributed by atoms with van der Waals surface area (Å²) in [5.41, 5.74) is 1.32. The molecule has 0 aromatic heterocycles. The third-order valence-electron chi connectivity index (χ3n) is 3.47. The van der Waals surface area contributed by atoms with Gasteiger partial charge in [0.25, 0.3) is 0 Å². The summed E-state index contributed by atoms with van der Waals surface area (Å²) in [6, 6.07) is 0. The molecule has 0 aliphatic heterocycles. The Labute approximate surface area is 85.3 Å². The van der Waals surface area contributed by atoms with Crippen LogP contribution in [0.15, 0.2) is 11.6 Å². The predicted molar refractivity (Wildman–Crippen MR) is 54.8 cm³/mol. The van der Waals surface area contributed by atoms with Crippen LogP contribution in [0.1, 0.15) is 39.0 Å². The average Bonchev–Trinajstić information content (AvgIpc) is 2.63. The largest absolute Gasteiger partial charge is 0.463 e. The molecule has 2 fully saturated rings. The van der Waals surface area contributed by atoms with Crippen LogP contribution >= 0.6 is 0 Å². The summed E-state index contributed by atoms with van der Waals surface area (Å²) in [5, 5.41) is 0. The zero-order valence-electron chi connectivity index (χ0n) is 8.79. The highest BCUT2D eigenvalue weighted by atomic mass is 16.5. The molecule has 0 amide bonds. The van der Waals surface area contributed by atoms with Crippen LogP contribution in [0, 0.1) is 11.8 Å². The maximum atomic E-state index is 11.2. The van der Waals surface area contributed by atoms with Gasteiger partial charge < -0.3 is 4.74 Å². The lowest BCUT2D eigenvalue weighted by atomic mass is 10.0. The van der Waals surface area contributed by atoms with Gasteiger partial charge in [0.05, 0.1) is 6.61 Å². The van der Waals surface area contributed by atoms with E-state index in [1.165, 1.54) is 24.8 Å². The van der Waals surface area contributed by atoms with Crippen molar-refractivity contribution in [1.82, 2.24) is 0 Å². The molecule has 14 heavy (non-hydrogen) atoms. The minimum Gasteiger partial charge on any atom is -0.463 e. The molecule has 0 bridgehead atoms. The monoisotopic (exact) mass is 194 g/mol. The van der Waals surface area contributed by atoms with E-state index in [1.54, 1.807) is 6.08 Å². The summed E-state index contributed by atoms with van der Waals surface area (Å²) >= 11 is 0. The van der Waals surface area contributed by atoms with Crippen LogP contribution in [-0.4, -0.2) is 12.6 Å². The van der Waals surface area contributed by atoms with Crippen molar-refractivity contribution >= 4 is 5.97 Å². The molecule has 2 aliphatic carbocycles. The molecule has 0 unspecified atom stereocenters. The fraction of sp³-hybridized carbons (Fsp3) is 0.750. The second-order valence-corrected chi connectivity index (χ2v) is 4.41. The van der Waals surface area contributed by atoms with E-state index in [4.69, 9.17) is 4.74 Å². The smallest absolute Gasteiger partial charge is 0.330 e. The van der Waals surface area contributed by atoms with Gasteiger partial charge >= 0.3 is 5.97 Å². The van der Waals surface area contributed by atoms with Crippen molar-refractivity contribution in [2.45, 2.75) is 39.0 Å². The number of carbonyl (C=O) groups is 1. The first-order chi connectivity index (χ1) is 6.79. The van der Waals surface area contributed by atoms with Crippen molar-refractivity contribution in [2.75, 3.05) is 6.61 Å². The van der Waals surface area contributed by atoms with Crippen LogP contribution in [0.3, 0.4) is 0 Å². The summed E-state index contributed by atoms with van der Waals surface area (Å²) in [5.74, 6) is 1.59. The summed E-state index contributed by atoms with van der Waals surface area (Å²) in [6.45, 7) is 2.33. The first-order valence-electron chi connectivity index (χ1n) is 5.65. The number of allylic oxidation sites excluding steroid dienone is 1. The lowest BCUT2D eigenvalue weighted by Gasteiger charge is -2.04. The number of rotatable bonds is 2. The van der Waals surface area contributed by atoms with Crippen molar-refractivity contribution in [3.05, 3.63) is 11.6 Å². The second-order valence-electron chi connectivity index (χ2n) is 4.41. The highest BCUT2D eigenvalue weighted by molar-refractivity contribution is 5.82. The topological polar surface area (TPSA) is 26.3 Å². The molecule has 0 spiro atoms. The Balaban J connectivity index is 1.91. The molecule has 0 heterocycles. The molecule has 0 saturated heterocycles. The molecule has 0 N–H and O–H groups in total. The molecule has 2 heteroatoms. The lowest BCUT2D eigenvalue weighted by Crippen LogP contribution is -2.00. The van der Waals surface area contributed by atoms with Crippen molar-refractivity contribution in [3.8, 4) is 0 Å². The number of hydrogen-bond acceptors (Lipinski definition) is 2. The van der Waals surface area contributed by atoms with Crippen LogP contribution in [-0.2, 0) is 9.53 Å². The number of ether oxygens (including phenoxy) is 1. The molecule has 2 aliphatic rings. The Kier molecular flexibility index (Phi) is 2.90. The molecular formula is C12H18O2. The molecule has 0 radical (unpaired) electrons. The second kappa shape index (κ2) is 4.16. The van der Waals surface area contributed by atoms with Crippen LogP contribution in [0.5, 0.6) is 0 Å². The van der Waals surface area contributed by atoms with E-state index < -0.39 is 0 Å². The van der Waals surface area contributed by atoms with Crippen molar-refractivity contribution in [3.63, 3.8) is 0 Å². The molecule has 0 aromatic rings. The standard InChI is InChI=1S/C12H18O2/c1-2-14-12(13)8-9-6-10-4-3-5-11(10)7-9/h8,10-11H,2-7H2,1H3/t10-,11-/m1/s1. The van der Waals surface area contributed by atoms with Gasteiger partial charge in [-0.2, -0.15) is 0 Å². The highest BCUT2D eigenvalue weighted by Gasteiger charge is 2.34. The van der Waals surface area contributed by atoms with E-state index >= 15 is 0 Å². The number of fused-ring (bicyclic) bond motifs is 1. The maximum absolute atomic E-state index is 11.2. The number of carbonyl (C=O) groups excluding carboxylic acids is 1. The van der Waals surface area contributed by atoms with Gasteiger partial charge in [0.2, 0.25) is 0 Å². The Bertz CT molecular complexity index is 241. The van der Waals surface area contributed by atoms with Crippen molar-refractivity contribution < 1.29 is 9.53 Å². The summed E-state index contributed by atoms with van der Waals surface area (Å²) < 4.78 is 4.91. The Morgan fingerprint density at radius 3 is 2.64 bits per heavy atom. The molecule has 2 nitrogen and oxygen atoms in total. The molecule has 78 valence electrons. The van der Waals surface area contributed by atoms with Gasteiger partial charge in [0.1, 0.15) is 0 Å². The zero-order chi connectivity index (χ0) is 9.97. The molecular weight excluding hydrogens is 176 g/mol. The molecule has 0 aromatic carbocycles. The van der Waals surface area contributed by atoms with E-state index in [9.17, 15) is 4.79 Å². The third kappa shape index (κ3) is 1.99. The van der Waals surface area contributed by atoms with Crippen LogP contribution in [0.25, 0.3) is 0 Å². The fourth-order valence-electron chi connectivity index (χ4n) is 2.88. The van der Waals surface area contributed by atoms with Gasteiger partial charge in [0, 0.05) is 6.08 Å². The first kappa shape index (κ1) is 9.75. The van der Waals surface area contributed by atoms with Crippen LogP contribution in [0.2, 0.25) is 0 Å². The van der Waals surface area contributed by atoms with E-state index in [2.05, 4.69) is 0 Å². The first-order valence-corrected chi connectivity index (χ1v) is 5.65. The summed E-state index contributed by atoms with van der Waals surface area (Å²) in [4.78, 5) is 11.2. The average molecular weight is 194 g/mol. The predicted octanol–water partition coefficient (Wildman–Crippen LogP) is 2.69. The lowest BCUT2D eigenvalue weighted by molar-refractivity contribution is -0.137. The SMILES string of the molecule is CCOC(=O)C=C1C[C@H]2CCC[C@@H]2C1. The van der Waals surface area contributed by atoms with Gasteiger partial charge in [-0.15, -0.1) is 0 Å². The van der Waals surface area contributed by atoms with Gasteiger partial charge in [-0.05, 0) is 44.4 Å². The van der Waals surface area contributed by atoms with Crippen LogP contribution in [0.4, 0.5) is 0 Å². The van der Waals surface area contributed by atoms with Gasteiger partial charge in [0.15, 0.2) is 0 Å². The van der Waals surface area contributed by atoms with Crippen molar-refractivity contribution in [2.24, 2.45) is 11.8 Å².